The van der Waals surface area contributed by atoms with E-state index in [1.807, 2.05) is 13.0 Å². The Kier molecular flexibility index (Phi) is 8.29. The molecule has 3 aromatic rings. The van der Waals surface area contributed by atoms with Gasteiger partial charge in [-0.1, -0.05) is 13.0 Å². The quantitative estimate of drug-likeness (QED) is 0.226. The first-order chi connectivity index (χ1) is 18.6. The third-order valence-corrected chi connectivity index (χ3v) is 8.10. The van der Waals surface area contributed by atoms with E-state index >= 15 is 0 Å². The summed E-state index contributed by atoms with van der Waals surface area (Å²) < 4.78 is 42.2. The molecule has 12 nitrogen and oxygen atoms in total. The van der Waals surface area contributed by atoms with E-state index in [0.717, 1.165) is 16.7 Å². The number of rotatable bonds is 7. The van der Waals surface area contributed by atoms with Crippen molar-refractivity contribution < 1.29 is 22.7 Å². The molecule has 1 aliphatic rings. The highest BCUT2D eigenvalue weighted by atomic mass is 32.2. The second kappa shape index (κ2) is 11.6. The van der Waals surface area contributed by atoms with Crippen LogP contribution in [0, 0.1) is 13.8 Å². The fourth-order valence-electron chi connectivity index (χ4n) is 3.90. The molecule has 0 bridgehead atoms. The highest BCUT2D eigenvalue weighted by molar-refractivity contribution is 7.90. The number of hydrazine groups is 1. The van der Waals surface area contributed by atoms with Crippen molar-refractivity contribution in [3.63, 3.8) is 0 Å². The Labute approximate surface area is 227 Å². The molecule has 0 unspecified atom stereocenters. The fraction of sp³-hybridized carbons (Fsp3) is 0.346. The van der Waals surface area contributed by atoms with Crippen LogP contribution in [-0.2, 0) is 16.4 Å². The highest BCUT2D eigenvalue weighted by Crippen LogP contribution is 2.40. The molecule has 3 heterocycles. The van der Waals surface area contributed by atoms with Gasteiger partial charge >= 0.3 is 0 Å². The zero-order chi connectivity index (χ0) is 28.2. The second-order valence-corrected chi connectivity index (χ2v) is 11.2. The Hall–Kier alpha value is -4.26. The molecule has 0 saturated carbocycles. The number of ether oxygens (including phenoxy) is 2. The van der Waals surface area contributed by atoms with Gasteiger partial charge in [-0.15, -0.1) is 4.40 Å². The van der Waals surface area contributed by atoms with Crippen LogP contribution in [0.15, 0.2) is 47.4 Å². The lowest BCUT2D eigenvalue weighted by Gasteiger charge is -2.20. The highest BCUT2D eigenvalue weighted by Gasteiger charge is 2.30. The van der Waals surface area contributed by atoms with E-state index in [9.17, 15) is 13.2 Å². The molecule has 206 valence electrons. The summed E-state index contributed by atoms with van der Waals surface area (Å²) in [5.41, 5.74) is 8.34. The second-order valence-electron chi connectivity index (χ2n) is 9.25. The topological polar surface area (TPSA) is 157 Å². The first-order valence-corrected chi connectivity index (χ1v) is 13.8. The molecule has 0 saturated heterocycles. The number of guanidine groups is 1. The summed E-state index contributed by atoms with van der Waals surface area (Å²) in [6, 6.07) is 5.28. The number of benzene rings is 1. The standard InChI is InChI=1S/C26H31N7O5S/c1-15-10-20(14-27-11-15)25(34)31-32-26(30-22-21(37-5)7-6-19-8-9-38-23(19)22)33-39(35,36)18(4)17(3)24-28-12-16(2)13-29-24/h6-7,10-14,17-18H,8-9H2,1-5H3,(H,31,34)(H2,30,32,33)/t17-,18-/m0/s1. The van der Waals surface area contributed by atoms with Crippen molar-refractivity contribution in [2.24, 2.45) is 4.40 Å². The first kappa shape index (κ1) is 27.8. The molecule has 1 aromatic carbocycles. The van der Waals surface area contributed by atoms with E-state index in [4.69, 9.17) is 9.47 Å². The van der Waals surface area contributed by atoms with Gasteiger partial charge in [0.2, 0.25) is 5.96 Å². The average molecular weight is 554 g/mol. The smallest absolute Gasteiger partial charge is 0.271 e. The van der Waals surface area contributed by atoms with E-state index in [0.29, 0.717) is 36.0 Å². The van der Waals surface area contributed by atoms with Crippen molar-refractivity contribution >= 4 is 27.6 Å². The van der Waals surface area contributed by atoms with Gasteiger partial charge in [0.25, 0.3) is 15.9 Å². The molecule has 3 N–H and O–H groups in total. The molecule has 0 spiro atoms. The van der Waals surface area contributed by atoms with E-state index in [2.05, 4.69) is 35.5 Å². The number of anilines is 1. The molecule has 2 atom stereocenters. The first-order valence-electron chi connectivity index (χ1n) is 12.3. The SMILES string of the molecule is COc1ccc2c(c1N/C(=N/S(=O)(=O)[C@@H](C)[C@H](C)c1ncc(C)cn1)NNC(=O)c1cncc(C)c1)OCC2. The van der Waals surface area contributed by atoms with Gasteiger partial charge in [-0.2, -0.15) is 0 Å². The van der Waals surface area contributed by atoms with Gasteiger partial charge in [-0.3, -0.25) is 20.6 Å². The minimum Gasteiger partial charge on any atom is -0.494 e. The number of hydrogen-bond acceptors (Lipinski definition) is 8. The lowest BCUT2D eigenvalue weighted by Crippen LogP contribution is -2.45. The third kappa shape index (κ3) is 6.42. The van der Waals surface area contributed by atoms with Crippen molar-refractivity contribution in [1.82, 2.24) is 25.8 Å². The van der Waals surface area contributed by atoms with Gasteiger partial charge in [-0.05, 0) is 49.6 Å². The third-order valence-electron chi connectivity index (χ3n) is 6.31. The number of carbonyl (C=O) groups is 1. The van der Waals surface area contributed by atoms with Gasteiger partial charge in [0.1, 0.15) is 23.0 Å². The number of amides is 1. The van der Waals surface area contributed by atoms with Crippen LogP contribution in [0.5, 0.6) is 11.5 Å². The van der Waals surface area contributed by atoms with Crippen molar-refractivity contribution in [2.45, 2.75) is 45.3 Å². The van der Waals surface area contributed by atoms with Crippen LogP contribution in [0.1, 0.15) is 52.6 Å². The molecule has 1 aliphatic heterocycles. The van der Waals surface area contributed by atoms with E-state index in [-0.39, 0.29) is 11.5 Å². The van der Waals surface area contributed by atoms with Gasteiger partial charge in [0.15, 0.2) is 0 Å². The number of methoxy groups -OCH3 is 1. The summed E-state index contributed by atoms with van der Waals surface area (Å²) in [5, 5.41) is 1.97. The van der Waals surface area contributed by atoms with E-state index < -0.39 is 27.1 Å². The summed E-state index contributed by atoms with van der Waals surface area (Å²) in [4.78, 5) is 25.3. The minimum atomic E-state index is -4.15. The number of nitrogens with zero attached hydrogens (tertiary/aromatic N) is 4. The number of fused-ring (bicyclic) bond motifs is 1. The maximum Gasteiger partial charge on any atom is 0.271 e. The zero-order valence-electron chi connectivity index (χ0n) is 22.3. The van der Waals surface area contributed by atoms with Crippen molar-refractivity contribution in [1.29, 1.82) is 0 Å². The van der Waals surface area contributed by atoms with Gasteiger partial charge < -0.3 is 14.8 Å². The number of hydrogen-bond donors (Lipinski definition) is 3. The molecule has 2 aromatic heterocycles. The van der Waals surface area contributed by atoms with Crippen LogP contribution >= 0.6 is 0 Å². The summed E-state index contributed by atoms with van der Waals surface area (Å²) in [7, 11) is -2.67. The maximum atomic E-state index is 13.5. The lowest BCUT2D eigenvalue weighted by molar-refractivity contribution is 0.0943. The number of aromatic nitrogens is 3. The molecule has 4 rings (SSSR count). The fourth-order valence-corrected chi connectivity index (χ4v) is 5.05. The Bertz CT molecular complexity index is 1490. The van der Waals surface area contributed by atoms with E-state index in [1.54, 1.807) is 44.6 Å². The van der Waals surface area contributed by atoms with E-state index in [1.165, 1.54) is 20.2 Å². The van der Waals surface area contributed by atoms with Crippen LogP contribution in [0.2, 0.25) is 0 Å². The number of nitrogens with one attached hydrogen (secondary N) is 3. The average Bonchev–Trinajstić information content (AvgIpc) is 3.40. The molecule has 0 aliphatic carbocycles. The maximum absolute atomic E-state index is 13.5. The van der Waals surface area contributed by atoms with Crippen LogP contribution < -0.4 is 25.6 Å². The monoisotopic (exact) mass is 553 g/mol. The molecular weight excluding hydrogens is 522 g/mol. The van der Waals surface area contributed by atoms with Gasteiger partial charge in [0.05, 0.1) is 24.5 Å². The van der Waals surface area contributed by atoms with Crippen molar-refractivity contribution in [2.75, 3.05) is 19.0 Å². The normalized spacial score (nSPS) is 14.5. The summed E-state index contributed by atoms with van der Waals surface area (Å²) in [5.74, 6) is -0.0433. The van der Waals surface area contributed by atoms with Crippen LogP contribution in [0.25, 0.3) is 0 Å². The number of carbonyl (C=O) groups excluding carboxylic acids is 1. The molecule has 39 heavy (non-hydrogen) atoms. The summed E-state index contributed by atoms with van der Waals surface area (Å²) in [6.07, 6.45) is 6.97. The Morgan fingerprint density at radius 2 is 1.82 bits per heavy atom. The van der Waals surface area contributed by atoms with Gasteiger partial charge in [-0.25, -0.2) is 18.4 Å². The molecule has 1 amide bonds. The molecular formula is C26H31N7O5S. The lowest BCUT2D eigenvalue weighted by atomic mass is 10.1. The Morgan fingerprint density at radius 1 is 1.08 bits per heavy atom. The molecule has 0 radical (unpaired) electrons. The minimum absolute atomic E-state index is 0.255. The van der Waals surface area contributed by atoms with Crippen LogP contribution in [-0.4, -0.2) is 54.2 Å². The molecule has 13 heteroatoms. The van der Waals surface area contributed by atoms with Crippen LogP contribution in [0.3, 0.4) is 0 Å². The predicted octanol–water partition coefficient (Wildman–Crippen LogP) is 2.66. The van der Waals surface area contributed by atoms with Crippen LogP contribution in [0.4, 0.5) is 5.69 Å². The number of sulfonamides is 1. The largest absolute Gasteiger partial charge is 0.494 e. The van der Waals surface area contributed by atoms with Gasteiger partial charge in [0, 0.05) is 37.1 Å². The number of aryl methyl sites for hydroxylation is 2. The van der Waals surface area contributed by atoms with Crippen molar-refractivity contribution in [3.8, 4) is 11.5 Å². The Balaban J connectivity index is 1.66. The zero-order valence-corrected chi connectivity index (χ0v) is 23.2. The Morgan fingerprint density at radius 3 is 2.51 bits per heavy atom. The summed E-state index contributed by atoms with van der Waals surface area (Å²) in [6.45, 7) is 7.38. The summed E-state index contributed by atoms with van der Waals surface area (Å²) >= 11 is 0. The molecule has 0 fully saturated rings. The number of pyridine rings is 1. The van der Waals surface area contributed by atoms with Crippen molar-refractivity contribution in [3.05, 3.63) is 71.1 Å². The predicted molar refractivity (Wildman–Crippen MR) is 146 cm³/mol.